The Kier molecular flexibility index (Phi) is 16.3. The van der Waals surface area contributed by atoms with Crippen LogP contribution in [0.1, 0.15) is 23.3 Å². The lowest BCUT2D eigenvalue weighted by Gasteiger charge is -2.11. The molecule has 116 heavy (non-hydrogen) atoms. The number of aromatic amines is 2. The number of benzene rings is 12. The first kappa shape index (κ1) is 67.8. The smallest absolute Gasteiger partial charge is 0.168 e. The number of nitrogens with one attached hydrogen (secondary N) is 2. The standard InChI is InChI=1S/C92H62N20O4/c1-53-101-105-89(57-17-9-5-10-18-57)109(53)61-25-33-65(34-26-61)113-69-41-45-73-77(49-69)85-93-81(73)98-86-79-51-71(115-67-37-29-63(30-38-67)111-55(3)103-107-91(111)59-21-13-7-14-22-59)43-47-75(79)83(95-86)100-88-80-52-72(116-68-39-31-64(32-40-68)112-56(4)104-108-92(112)60-23-15-8-16-24-60)44-48-76(80)84(96-88)99-87-78-50-70(42-46-74(78)82(94-87)97-85)114-66-35-27-62(28-36-66)110-54(2)102-106-90(110)58-19-11-6-12-20-58/h5-52H,1-4H3,(H2,93,94,95,96,97,98,99,100). The second kappa shape index (κ2) is 28.0. The van der Waals surface area contributed by atoms with E-state index in [9.17, 15) is 0 Å². The van der Waals surface area contributed by atoms with Crippen LogP contribution in [0.25, 0.3) is 158 Å². The van der Waals surface area contributed by atoms with Crippen molar-refractivity contribution in [3.05, 3.63) is 314 Å². The van der Waals surface area contributed by atoms with Crippen LogP contribution in [0.3, 0.4) is 0 Å². The van der Waals surface area contributed by atoms with Crippen LogP contribution in [-0.4, -0.2) is 98.9 Å². The van der Waals surface area contributed by atoms with Crippen LogP contribution in [0.2, 0.25) is 0 Å². The number of ether oxygens (including phenoxy) is 4. The monoisotopic (exact) mass is 1510 g/mol. The van der Waals surface area contributed by atoms with Gasteiger partial charge in [0.1, 0.15) is 91.9 Å². The molecule has 0 atom stereocenters. The molecule has 0 unspecified atom stereocenters. The minimum Gasteiger partial charge on any atom is -0.457 e. The molecule has 24 nitrogen and oxygen atoms in total. The van der Waals surface area contributed by atoms with Gasteiger partial charge in [0, 0.05) is 88.8 Å². The molecule has 0 saturated carbocycles. The molecule has 24 heteroatoms. The fourth-order valence-corrected chi connectivity index (χ4v) is 14.9. The molecule has 9 heterocycles. The molecule has 0 spiro atoms. The van der Waals surface area contributed by atoms with E-state index >= 15 is 0 Å². The lowest BCUT2D eigenvalue weighted by molar-refractivity contribution is 0.482. The normalized spacial score (nSPS) is 11.6. The van der Waals surface area contributed by atoms with Crippen molar-refractivity contribution >= 4 is 44.1 Å². The van der Waals surface area contributed by atoms with E-state index in [1.807, 2.05) is 337 Å². The molecule has 21 rings (SSSR count). The summed E-state index contributed by atoms with van der Waals surface area (Å²) in [6.45, 7) is 7.75. The highest BCUT2D eigenvalue weighted by molar-refractivity contribution is 6.07. The minimum absolute atomic E-state index is 0.356. The number of nitrogens with zero attached hydrogens (tertiary/aromatic N) is 18. The molecular weight excluding hydrogens is 1450 g/mol. The summed E-state index contributed by atoms with van der Waals surface area (Å²) in [7, 11) is 0. The zero-order valence-electron chi connectivity index (χ0n) is 62.4. The van der Waals surface area contributed by atoms with Crippen LogP contribution in [-0.2, 0) is 0 Å². The zero-order valence-corrected chi connectivity index (χ0v) is 62.4. The Hall–Kier alpha value is -16.2. The molecule has 0 amide bonds. The maximum Gasteiger partial charge on any atom is 0.168 e. The molecule has 554 valence electrons. The summed E-state index contributed by atoms with van der Waals surface area (Å²) in [5, 5.41) is 38.7. The van der Waals surface area contributed by atoms with Crippen molar-refractivity contribution < 1.29 is 18.9 Å². The van der Waals surface area contributed by atoms with Crippen LogP contribution in [0, 0.1) is 27.7 Å². The van der Waals surface area contributed by atoms with E-state index in [4.69, 9.17) is 48.9 Å². The molecule has 7 aromatic heterocycles. The average molecular weight is 1510 g/mol. The number of hydrogen-bond donors (Lipinski definition) is 2. The average Bonchev–Trinajstić information content (AvgIpc) is 1.59. The maximum atomic E-state index is 6.74. The fourth-order valence-electron chi connectivity index (χ4n) is 14.9. The van der Waals surface area contributed by atoms with Crippen LogP contribution < -0.4 is 18.9 Å². The topological polar surface area (TPSA) is 269 Å². The van der Waals surface area contributed by atoms with E-state index in [0.29, 0.717) is 125 Å². The number of aryl methyl sites for hydroxylation is 4. The first-order valence-electron chi connectivity index (χ1n) is 37.5. The van der Waals surface area contributed by atoms with Gasteiger partial charge in [-0.25, -0.2) is 29.9 Å². The summed E-state index contributed by atoms with van der Waals surface area (Å²) < 4.78 is 35.1. The van der Waals surface area contributed by atoms with Crippen molar-refractivity contribution in [2.24, 2.45) is 0 Å². The van der Waals surface area contributed by atoms with Gasteiger partial charge in [-0.1, -0.05) is 121 Å². The summed E-state index contributed by atoms with van der Waals surface area (Å²) in [4.78, 5) is 39.7. The van der Waals surface area contributed by atoms with Gasteiger partial charge in [-0.15, -0.1) is 40.8 Å². The Morgan fingerprint density at radius 3 is 0.741 bits per heavy atom. The van der Waals surface area contributed by atoms with Gasteiger partial charge in [0.2, 0.25) is 0 Å². The van der Waals surface area contributed by atoms with Gasteiger partial charge in [0.25, 0.3) is 0 Å². The number of hydrogen-bond acceptors (Lipinski definition) is 18. The molecule has 12 aromatic carbocycles. The van der Waals surface area contributed by atoms with E-state index in [-0.39, 0.29) is 0 Å². The Bertz CT molecular complexity index is 6800. The first-order valence-corrected chi connectivity index (χ1v) is 37.5. The van der Waals surface area contributed by atoms with Gasteiger partial charge in [-0.3, -0.25) is 18.3 Å². The van der Waals surface area contributed by atoms with Crippen molar-refractivity contribution in [2.75, 3.05) is 0 Å². The van der Waals surface area contributed by atoms with Crippen LogP contribution in [0.4, 0.5) is 0 Å². The molecule has 2 aliphatic rings. The van der Waals surface area contributed by atoms with E-state index in [0.717, 1.165) is 102 Å². The van der Waals surface area contributed by atoms with Gasteiger partial charge in [-0.2, -0.15) is 0 Å². The number of rotatable bonds is 16. The number of fused-ring (bicyclic) bond motifs is 20. The van der Waals surface area contributed by atoms with Gasteiger partial charge >= 0.3 is 0 Å². The molecule has 2 N–H and O–H groups in total. The van der Waals surface area contributed by atoms with Crippen molar-refractivity contribution in [2.45, 2.75) is 27.7 Å². The molecule has 0 radical (unpaired) electrons. The third-order valence-corrected chi connectivity index (χ3v) is 20.5. The van der Waals surface area contributed by atoms with Crippen LogP contribution in [0.15, 0.2) is 291 Å². The Morgan fingerprint density at radius 1 is 0.216 bits per heavy atom. The molecular formula is C92H62N20O4. The van der Waals surface area contributed by atoms with E-state index in [2.05, 4.69) is 50.8 Å². The lowest BCUT2D eigenvalue weighted by atomic mass is 10.1. The van der Waals surface area contributed by atoms with E-state index in [1.54, 1.807) is 0 Å². The predicted molar refractivity (Wildman–Crippen MR) is 442 cm³/mol. The SMILES string of the molecule is Cc1nnc(-c2ccccc2)n1-c1ccc(Oc2ccc3c(c2)-c2nc-3nc3[nH]c(nc4nc(nc5[nH]c(n2)c2ccc(Oc6ccc(-n7c(C)nnc7-c7ccccc7)cc6)cc52)-c2ccc(Oc5ccc(-n6c(C)nnc6-c6ccccc6)cc5)cc2-4)c2ccc(Oc4ccc(-n5c(C)nnc5-c5ccccc5)cc4)cc32)cc1. The van der Waals surface area contributed by atoms with Gasteiger partial charge in [0.15, 0.2) is 46.6 Å². The molecule has 19 aromatic rings. The van der Waals surface area contributed by atoms with E-state index in [1.165, 1.54) is 0 Å². The third kappa shape index (κ3) is 12.4. The fraction of sp³-hybridized carbons (Fsp3) is 0.0435. The van der Waals surface area contributed by atoms with Gasteiger partial charge < -0.3 is 28.9 Å². The summed E-state index contributed by atoms with van der Waals surface area (Å²) in [5.74, 6) is 11.9. The third-order valence-electron chi connectivity index (χ3n) is 20.5. The minimum atomic E-state index is 0.356. The largest absolute Gasteiger partial charge is 0.457 e. The molecule has 2 aliphatic heterocycles. The van der Waals surface area contributed by atoms with Crippen molar-refractivity contribution in [3.63, 3.8) is 0 Å². The lowest BCUT2D eigenvalue weighted by Crippen LogP contribution is -2.00. The van der Waals surface area contributed by atoms with Crippen molar-refractivity contribution in [1.82, 2.24) is 98.9 Å². The summed E-state index contributed by atoms with van der Waals surface area (Å²) >= 11 is 0. The van der Waals surface area contributed by atoms with Crippen LogP contribution in [0.5, 0.6) is 46.0 Å². The summed E-state index contributed by atoms with van der Waals surface area (Å²) in [6.07, 6.45) is 0. The Labute approximate surface area is 660 Å². The number of H-pyrrole nitrogens is 2. The maximum absolute atomic E-state index is 6.74. The highest BCUT2D eigenvalue weighted by Gasteiger charge is 2.27. The molecule has 0 saturated heterocycles. The zero-order chi connectivity index (χ0) is 77.5. The highest BCUT2D eigenvalue weighted by Crippen LogP contribution is 2.43. The quantitative estimate of drug-likeness (QED) is 0.0910. The van der Waals surface area contributed by atoms with E-state index < -0.39 is 0 Å². The first-order chi connectivity index (χ1) is 57.0. The van der Waals surface area contributed by atoms with Crippen molar-refractivity contribution in [1.29, 1.82) is 0 Å². The van der Waals surface area contributed by atoms with Gasteiger partial charge in [-0.05, 0) is 198 Å². The molecule has 8 bridgehead atoms. The predicted octanol–water partition coefficient (Wildman–Crippen LogP) is 20.3. The Morgan fingerprint density at radius 2 is 0.457 bits per heavy atom. The second-order valence-corrected chi connectivity index (χ2v) is 27.9. The molecule has 0 aliphatic carbocycles. The van der Waals surface area contributed by atoms with Crippen molar-refractivity contribution in [3.8, 4) is 160 Å². The van der Waals surface area contributed by atoms with Crippen LogP contribution >= 0.6 is 0 Å². The summed E-state index contributed by atoms with van der Waals surface area (Å²) in [5.41, 5.74) is 11.8. The number of aromatic nitrogens is 20. The van der Waals surface area contributed by atoms with Gasteiger partial charge in [0.05, 0.1) is 0 Å². The second-order valence-electron chi connectivity index (χ2n) is 27.9. The summed E-state index contributed by atoms with van der Waals surface area (Å²) in [6, 6.07) is 94.6. The molecule has 0 fully saturated rings. The Balaban J connectivity index is 0.704. The highest BCUT2D eigenvalue weighted by atomic mass is 16.5.